The first-order valence-corrected chi connectivity index (χ1v) is 23.3. The number of rotatable bonds is 15. The van der Waals surface area contributed by atoms with Crippen LogP contribution in [0.15, 0.2) is 21.3 Å². The molecule has 6 heterocycles. The number of quaternary nitrogens is 2. The van der Waals surface area contributed by atoms with Crippen molar-refractivity contribution >= 4 is 22.6 Å². The maximum Gasteiger partial charge on any atom is 0.349 e. The fourth-order valence-corrected chi connectivity index (χ4v) is 10.5. The molecule has 2 aromatic rings. The number of hydrogen-bond donors (Lipinski definition) is 7. The molecule has 0 spiro atoms. The molecule has 6 unspecified atom stereocenters. The highest BCUT2D eigenvalue weighted by atomic mass is 35.5. The molecule has 1 aromatic carbocycles. The molecule has 15 atom stereocenters. The Balaban J connectivity index is 0.00000432. The topological polar surface area (TPSA) is 249 Å². The summed E-state index contributed by atoms with van der Waals surface area (Å²) in [6.07, 6.45) is -12.6. The zero-order chi connectivity index (χ0) is 48.2. The fraction of sp³-hybridized carbons (Fsp3) is 0.783. The summed E-state index contributed by atoms with van der Waals surface area (Å²) in [5.74, 6) is -0.855. The van der Waals surface area contributed by atoms with Gasteiger partial charge in [0.05, 0.1) is 74.3 Å². The van der Waals surface area contributed by atoms with Crippen LogP contribution in [0.25, 0.3) is 11.0 Å². The molecule has 0 aliphatic carbocycles. The number of aliphatic hydroxyl groups is 6. The van der Waals surface area contributed by atoms with Crippen LogP contribution in [0.1, 0.15) is 62.0 Å². The minimum Gasteiger partial charge on any atom is -1.00 e. The van der Waals surface area contributed by atoms with Gasteiger partial charge in [-0.1, -0.05) is 0 Å². The zero-order valence-corrected chi connectivity index (χ0v) is 42.2. The van der Waals surface area contributed by atoms with Crippen LogP contribution >= 0.6 is 0 Å². The molecule has 0 saturated carbocycles. The number of likely N-dealkylation sites (N-methyl/N-ethyl adjacent to an activating group) is 2. The Bertz CT molecular complexity index is 2070. The predicted molar refractivity (Wildman–Crippen MR) is 237 cm³/mol. The molecule has 7 N–H and O–H groups in total. The highest BCUT2D eigenvalue weighted by Gasteiger charge is 2.59. The Morgan fingerprint density at radius 2 is 1.21 bits per heavy atom. The molecule has 1 amide bonds. The monoisotopic (exact) mass is 1010 g/mol. The van der Waals surface area contributed by atoms with Crippen LogP contribution < -0.4 is 40.7 Å². The van der Waals surface area contributed by atoms with Crippen molar-refractivity contribution in [2.75, 3.05) is 80.1 Å². The molecule has 388 valence electrons. The molecule has 1 aromatic heterocycles. The first-order chi connectivity index (χ1) is 31.1. The number of carbonyl (C=O) groups excluding carboxylic acids is 1. The maximum atomic E-state index is 14.2. The van der Waals surface area contributed by atoms with E-state index >= 15 is 0 Å². The quantitative estimate of drug-likeness (QED) is 0.0648. The van der Waals surface area contributed by atoms with Gasteiger partial charge in [-0.25, -0.2) is 4.79 Å². The molecule has 7 rings (SSSR count). The molecule has 68 heavy (non-hydrogen) atoms. The lowest BCUT2D eigenvalue weighted by molar-refractivity contribution is -0.913. The van der Waals surface area contributed by atoms with Gasteiger partial charge in [-0.05, 0) is 71.1 Å². The summed E-state index contributed by atoms with van der Waals surface area (Å²) in [6, 6.07) is 0.318. The smallest absolute Gasteiger partial charge is 0.349 e. The number of amides is 1. The van der Waals surface area contributed by atoms with Gasteiger partial charge in [0.15, 0.2) is 18.4 Å². The summed E-state index contributed by atoms with van der Waals surface area (Å²) in [6.45, 7) is 7.12. The molecule has 0 radical (unpaired) electrons. The SMILES string of the molecule is CC(C)O[C@@H]1OC(CO)[C@@H](O[C@@H]2OC(CO)[C@@H](O[C@@H]3OC(CO)[C@@H](OC(C)C)[C@H](O)C3[N+](C)(C)C)[C@H](O)C2[N+](C)(C)C)[C@H](O)C1NC(=O)c1cc2cc3c4c(c2oc1=O)CCCN4CCC3.[Cl-].[Cl-]. The number of nitrogens with zero attached hydrogens (tertiary/aromatic N) is 3. The molecule has 0 bridgehead atoms. The van der Waals surface area contributed by atoms with Gasteiger partial charge in [0, 0.05) is 29.7 Å². The van der Waals surface area contributed by atoms with Crippen LogP contribution in [0.3, 0.4) is 0 Å². The van der Waals surface area contributed by atoms with E-state index in [4.69, 9.17) is 37.6 Å². The van der Waals surface area contributed by atoms with Crippen molar-refractivity contribution in [1.29, 1.82) is 0 Å². The van der Waals surface area contributed by atoms with Crippen LogP contribution in [0.4, 0.5) is 5.69 Å². The number of carbonyl (C=O) groups is 1. The van der Waals surface area contributed by atoms with Gasteiger partial charge in [-0.3, -0.25) is 4.79 Å². The minimum atomic E-state index is -1.66. The average Bonchev–Trinajstić information content (AvgIpc) is 3.23. The number of aliphatic hydroxyl groups excluding tert-OH is 6. The highest BCUT2D eigenvalue weighted by Crippen LogP contribution is 2.41. The van der Waals surface area contributed by atoms with Gasteiger partial charge < -0.3 is 112 Å². The van der Waals surface area contributed by atoms with Gasteiger partial charge in [0.25, 0.3) is 5.91 Å². The van der Waals surface area contributed by atoms with Crippen molar-refractivity contribution in [2.45, 2.75) is 158 Å². The van der Waals surface area contributed by atoms with E-state index in [2.05, 4.69) is 10.2 Å². The lowest BCUT2D eigenvalue weighted by atomic mass is 9.90. The summed E-state index contributed by atoms with van der Waals surface area (Å²) < 4.78 is 50.1. The van der Waals surface area contributed by atoms with E-state index in [1.54, 1.807) is 35.0 Å². The minimum absolute atomic E-state index is 0. The van der Waals surface area contributed by atoms with E-state index in [-0.39, 0.29) is 45.4 Å². The van der Waals surface area contributed by atoms with E-state index in [9.17, 15) is 40.2 Å². The van der Waals surface area contributed by atoms with Crippen LogP contribution in [0.5, 0.6) is 0 Å². The largest absolute Gasteiger partial charge is 1.00 e. The Morgan fingerprint density at radius 1 is 0.721 bits per heavy atom. The first kappa shape index (κ1) is 56.6. The highest BCUT2D eigenvalue weighted by molar-refractivity contribution is 5.98. The molecule has 5 aliphatic heterocycles. The molecule has 22 heteroatoms. The lowest BCUT2D eigenvalue weighted by Crippen LogP contribution is -3.00. The number of ether oxygens (including phenoxy) is 7. The Labute approximate surface area is 410 Å². The second kappa shape index (κ2) is 22.6. The maximum absolute atomic E-state index is 14.2. The summed E-state index contributed by atoms with van der Waals surface area (Å²) >= 11 is 0. The van der Waals surface area contributed by atoms with Gasteiger partial charge in [0.2, 0.25) is 12.6 Å². The molecular formula is C46H74Cl2N4O16. The van der Waals surface area contributed by atoms with E-state index < -0.39 is 129 Å². The number of hydrogen-bond acceptors (Lipinski definition) is 17. The number of halogens is 2. The van der Waals surface area contributed by atoms with Gasteiger partial charge >= 0.3 is 5.63 Å². The number of benzene rings is 1. The fourth-order valence-electron chi connectivity index (χ4n) is 10.5. The van der Waals surface area contributed by atoms with Crippen LogP contribution in [-0.4, -0.2) is 225 Å². The van der Waals surface area contributed by atoms with Gasteiger partial charge in [-0.2, -0.15) is 0 Å². The van der Waals surface area contributed by atoms with Crippen LogP contribution in [-0.2, 0) is 46.0 Å². The standard InChI is InChI=1S/C46H73N4O16.2ClH/c1-22(2)59-40-29(20-52)62-46(33(36(40)55)49(5,6)7)66-41-30(21-53)63-45(34(37(41)56)50(8,9)10)65-39-28(19-51)61-44(60-23(3)4)31(35(39)54)47-42(57)27-18-25-17-24-13-11-15-48-16-12-14-26(32(24)48)38(25)64-43(27)58;;/h17-18,22-23,28-31,33-37,39-41,44-46,51-56H,11-16,19-21H2,1-10H3;2*1H/q+1;;/p-1/t28?,29?,30?,31?,33?,34?,35-,36-,37-,39-,40-,41-,44-,45+,46+;;/m1../s1. The predicted octanol–water partition coefficient (Wildman–Crippen LogP) is -7.03. The second-order valence-corrected chi connectivity index (χ2v) is 20.8. The van der Waals surface area contributed by atoms with E-state index in [1.807, 2.05) is 41.1 Å². The van der Waals surface area contributed by atoms with Crippen LogP contribution in [0, 0.1) is 0 Å². The van der Waals surface area contributed by atoms with Crippen molar-refractivity contribution in [3.05, 3.63) is 39.2 Å². The Morgan fingerprint density at radius 3 is 1.72 bits per heavy atom. The molecule has 3 fully saturated rings. The third kappa shape index (κ3) is 11.5. The number of nitrogens with one attached hydrogen (secondary N) is 1. The normalized spacial score (nSPS) is 34.3. The van der Waals surface area contributed by atoms with Crippen molar-refractivity contribution in [3.8, 4) is 0 Å². The molecular weight excluding hydrogens is 935 g/mol. The summed E-state index contributed by atoms with van der Waals surface area (Å²) in [7, 11) is 10.8. The van der Waals surface area contributed by atoms with E-state index in [0.29, 0.717) is 11.0 Å². The first-order valence-electron chi connectivity index (χ1n) is 23.3. The molecule has 3 saturated heterocycles. The third-order valence-corrected chi connectivity index (χ3v) is 13.5. The summed E-state index contributed by atoms with van der Waals surface area (Å²) in [4.78, 5) is 30.1. The average molecular weight is 1010 g/mol. The van der Waals surface area contributed by atoms with Crippen molar-refractivity contribution in [1.82, 2.24) is 5.32 Å². The Hall–Kier alpha value is -2.32. The van der Waals surface area contributed by atoms with Crippen molar-refractivity contribution in [2.24, 2.45) is 0 Å². The number of anilines is 1. The van der Waals surface area contributed by atoms with Crippen LogP contribution in [0.2, 0.25) is 0 Å². The molecule has 5 aliphatic rings. The third-order valence-electron chi connectivity index (χ3n) is 13.5. The van der Waals surface area contributed by atoms with Gasteiger partial charge in [-0.15, -0.1) is 0 Å². The van der Waals surface area contributed by atoms with E-state index in [0.717, 1.165) is 55.6 Å². The van der Waals surface area contributed by atoms with Crippen molar-refractivity contribution in [3.63, 3.8) is 0 Å². The summed E-state index contributed by atoms with van der Waals surface area (Å²) in [5, 5.41) is 71.5. The molecule has 20 nitrogen and oxygen atoms in total. The zero-order valence-electron chi connectivity index (χ0n) is 40.7. The van der Waals surface area contributed by atoms with Gasteiger partial charge in [0.1, 0.15) is 72.1 Å². The lowest BCUT2D eigenvalue weighted by Gasteiger charge is -2.53. The van der Waals surface area contributed by atoms with Crippen molar-refractivity contribution < 1.29 is 107 Å². The number of aryl methyl sites for hydroxylation is 2. The number of fused-ring (bicyclic) bond motifs is 2. The second-order valence-electron chi connectivity index (χ2n) is 20.8. The summed E-state index contributed by atoms with van der Waals surface area (Å²) in [5.41, 5.74) is 2.54. The Kier molecular flexibility index (Phi) is 18.8. The van der Waals surface area contributed by atoms with E-state index in [1.165, 1.54) is 6.07 Å².